The summed E-state index contributed by atoms with van der Waals surface area (Å²) in [6.07, 6.45) is -0.0571. The van der Waals surface area contributed by atoms with Gasteiger partial charge in [-0.3, -0.25) is 9.59 Å². The van der Waals surface area contributed by atoms with Gasteiger partial charge in [0.15, 0.2) is 17.6 Å². The molecule has 7 nitrogen and oxygen atoms in total. The number of carbonyl (C=O) groups excluding carboxylic acids is 2. The molecule has 2 rings (SSSR count). The number of methoxy groups -OCH3 is 3. The zero-order chi connectivity index (χ0) is 21.4. The van der Waals surface area contributed by atoms with Crippen molar-refractivity contribution in [1.82, 2.24) is 0 Å². The molecule has 0 aliphatic carbocycles. The minimum Gasteiger partial charge on any atom is -0.493 e. The highest BCUT2D eigenvalue weighted by Crippen LogP contribution is 2.38. The standard InChI is InChI=1S/C22H27NO6/c1-6-15-7-9-17(10-8-15)23-22(25)14(2)29-20(24)13-16-11-18(26-3)21(28-5)19(12-16)27-4/h7-12,14H,6,13H2,1-5H3,(H,23,25)/t14-/m0/s1. The molecule has 0 unspecified atom stereocenters. The van der Waals surface area contributed by atoms with E-state index in [4.69, 9.17) is 18.9 Å². The largest absolute Gasteiger partial charge is 0.493 e. The Balaban J connectivity index is 1.99. The van der Waals surface area contributed by atoms with Gasteiger partial charge in [-0.25, -0.2) is 0 Å². The number of nitrogens with one attached hydrogen (secondary N) is 1. The summed E-state index contributed by atoms with van der Waals surface area (Å²) >= 11 is 0. The summed E-state index contributed by atoms with van der Waals surface area (Å²) in [4.78, 5) is 24.6. The molecule has 0 bridgehead atoms. The number of anilines is 1. The first kappa shape index (κ1) is 22.1. The molecule has 156 valence electrons. The molecule has 0 saturated heterocycles. The normalized spacial score (nSPS) is 11.3. The van der Waals surface area contributed by atoms with Crippen LogP contribution in [0.2, 0.25) is 0 Å². The van der Waals surface area contributed by atoms with Crippen molar-refractivity contribution in [3.8, 4) is 17.2 Å². The second kappa shape index (κ2) is 10.4. The Hall–Kier alpha value is -3.22. The van der Waals surface area contributed by atoms with Gasteiger partial charge in [-0.2, -0.15) is 0 Å². The van der Waals surface area contributed by atoms with E-state index in [0.29, 0.717) is 28.5 Å². The second-order valence-electron chi connectivity index (χ2n) is 6.38. The van der Waals surface area contributed by atoms with E-state index in [0.717, 1.165) is 6.42 Å². The van der Waals surface area contributed by atoms with E-state index in [2.05, 4.69) is 12.2 Å². The van der Waals surface area contributed by atoms with E-state index in [1.165, 1.54) is 33.8 Å². The fourth-order valence-electron chi connectivity index (χ4n) is 2.76. The van der Waals surface area contributed by atoms with Crippen molar-refractivity contribution in [3.63, 3.8) is 0 Å². The summed E-state index contributed by atoms with van der Waals surface area (Å²) in [5, 5.41) is 2.74. The SMILES string of the molecule is CCc1ccc(NC(=O)[C@H](C)OC(=O)Cc2cc(OC)c(OC)c(OC)c2)cc1. The molecule has 2 aromatic carbocycles. The molecular weight excluding hydrogens is 374 g/mol. The first-order chi connectivity index (χ1) is 13.9. The van der Waals surface area contributed by atoms with Crippen molar-refractivity contribution in [2.45, 2.75) is 32.8 Å². The Kier molecular flexibility index (Phi) is 7.88. The summed E-state index contributed by atoms with van der Waals surface area (Å²) < 4.78 is 21.1. The zero-order valence-corrected chi connectivity index (χ0v) is 17.4. The maximum absolute atomic E-state index is 12.3. The van der Waals surface area contributed by atoms with Crippen molar-refractivity contribution in [2.24, 2.45) is 0 Å². The quantitative estimate of drug-likeness (QED) is 0.649. The van der Waals surface area contributed by atoms with Crippen LogP contribution in [0.5, 0.6) is 17.2 Å². The molecule has 0 aromatic heterocycles. The van der Waals surface area contributed by atoms with Crippen molar-refractivity contribution < 1.29 is 28.5 Å². The number of benzene rings is 2. The molecule has 1 amide bonds. The Morgan fingerprint density at radius 1 is 0.931 bits per heavy atom. The highest BCUT2D eigenvalue weighted by atomic mass is 16.5. The number of amides is 1. The van der Waals surface area contributed by atoms with Crippen LogP contribution in [-0.4, -0.2) is 39.3 Å². The number of carbonyl (C=O) groups is 2. The van der Waals surface area contributed by atoms with E-state index in [1.807, 2.05) is 24.3 Å². The average Bonchev–Trinajstić information content (AvgIpc) is 2.73. The lowest BCUT2D eigenvalue weighted by molar-refractivity contribution is -0.152. The van der Waals surface area contributed by atoms with Gasteiger partial charge in [0, 0.05) is 5.69 Å². The maximum Gasteiger partial charge on any atom is 0.311 e. The van der Waals surface area contributed by atoms with Gasteiger partial charge < -0.3 is 24.3 Å². The van der Waals surface area contributed by atoms with Gasteiger partial charge in [0.1, 0.15) is 0 Å². The number of rotatable bonds is 9. The van der Waals surface area contributed by atoms with Crippen LogP contribution in [0.15, 0.2) is 36.4 Å². The Morgan fingerprint density at radius 2 is 1.52 bits per heavy atom. The monoisotopic (exact) mass is 401 g/mol. The van der Waals surface area contributed by atoms with E-state index < -0.39 is 18.0 Å². The Bertz CT molecular complexity index is 822. The van der Waals surface area contributed by atoms with Crippen LogP contribution in [0.25, 0.3) is 0 Å². The number of esters is 1. The van der Waals surface area contributed by atoms with Crippen molar-refractivity contribution >= 4 is 17.6 Å². The molecule has 29 heavy (non-hydrogen) atoms. The number of aryl methyl sites for hydroxylation is 1. The smallest absolute Gasteiger partial charge is 0.311 e. The molecule has 0 fully saturated rings. The zero-order valence-electron chi connectivity index (χ0n) is 17.4. The lowest BCUT2D eigenvalue weighted by Gasteiger charge is -2.16. The third-order valence-electron chi connectivity index (χ3n) is 4.38. The molecule has 0 aliphatic heterocycles. The van der Waals surface area contributed by atoms with Gasteiger partial charge >= 0.3 is 5.97 Å². The summed E-state index contributed by atoms with van der Waals surface area (Å²) in [7, 11) is 4.50. The third-order valence-corrected chi connectivity index (χ3v) is 4.38. The fraction of sp³-hybridized carbons (Fsp3) is 0.364. The topological polar surface area (TPSA) is 83.1 Å². The number of ether oxygens (including phenoxy) is 4. The van der Waals surface area contributed by atoms with Crippen molar-refractivity contribution in [3.05, 3.63) is 47.5 Å². The lowest BCUT2D eigenvalue weighted by atomic mass is 10.1. The van der Waals surface area contributed by atoms with Gasteiger partial charge in [0.25, 0.3) is 5.91 Å². The first-order valence-electron chi connectivity index (χ1n) is 9.30. The fourth-order valence-corrected chi connectivity index (χ4v) is 2.76. The molecule has 0 heterocycles. The molecule has 0 radical (unpaired) electrons. The van der Waals surface area contributed by atoms with Crippen LogP contribution in [0.1, 0.15) is 25.0 Å². The van der Waals surface area contributed by atoms with Crippen molar-refractivity contribution in [2.75, 3.05) is 26.6 Å². The van der Waals surface area contributed by atoms with Crippen LogP contribution in [0, 0.1) is 0 Å². The van der Waals surface area contributed by atoms with E-state index in [9.17, 15) is 9.59 Å². The highest BCUT2D eigenvalue weighted by Gasteiger charge is 2.20. The van der Waals surface area contributed by atoms with Crippen molar-refractivity contribution in [1.29, 1.82) is 0 Å². The Morgan fingerprint density at radius 3 is 2.00 bits per heavy atom. The average molecular weight is 401 g/mol. The van der Waals surface area contributed by atoms with Gasteiger partial charge in [-0.1, -0.05) is 19.1 Å². The number of hydrogen-bond donors (Lipinski definition) is 1. The minimum absolute atomic E-state index is 0.0421. The Labute approximate surface area is 170 Å². The minimum atomic E-state index is -0.935. The molecule has 0 saturated carbocycles. The van der Waals surface area contributed by atoms with Gasteiger partial charge in [0.05, 0.1) is 27.8 Å². The summed E-state index contributed by atoms with van der Waals surface area (Å²) in [6.45, 7) is 3.59. The van der Waals surface area contributed by atoms with Gasteiger partial charge in [-0.05, 0) is 48.7 Å². The van der Waals surface area contributed by atoms with Gasteiger partial charge in [0.2, 0.25) is 5.75 Å². The second-order valence-corrected chi connectivity index (χ2v) is 6.38. The molecule has 1 atom stereocenters. The molecule has 2 aromatic rings. The van der Waals surface area contributed by atoms with Crippen LogP contribution < -0.4 is 19.5 Å². The van der Waals surface area contributed by atoms with Crippen LogP contribution in [-0.2, 0) is 27.2 Å². The maximum atomic E-state index is 12.3. The van der Waals surface area contributed by atoms with E-state index in [1.54, 1.807) is 12.1 Å². The third kappa shape index (κ3) is 5.88. The number of hydrogen-bond acceptors (Lipinski definition) is 6. The molecule has 7 heteroatoms. The van der Waals surface area contributed by atoms with Crippen LogP contribution >= 0.6 is 0 Å². The van der Waals surface area contributed by atoms with Crippen LogP contribution in [0.3, 0.4) is 0 Å². The molecule has 0 spiro atoms. The lowest BCUT2D eigenvalue weighted by Crippen LogP contribution is -2.30. The highest BCUT2D eigenvalue weighted by molar-refractivity contribution is 5.95. The molecule has 1 N–H and O–H groups in total. The molecular formula is C22H27NO6. The summed E-state index contributed by atoms with van der Waals surface area (Å²) in [5.74, 6) is 0.386. The van der Waals surface area contributed by atoms with Gasteiger partial charge in [-0.15, -0.1) is 0 Å². The van der Waals surface area contributed by atoms with E-state index >= 15 is 0 Å². The predicted molar refractivity (Wildman–Crippen MR) is 110 cm³/mol. The first-order valence-corrected chi connectivity index (χ1v) is 9.30. The molecule has 0 aliphatic rings. The van der Waals surface area contributed by atoms with E-state index in [-0.39, 0.29) is 6.42 Å². The summed E-state index contributed by atoms with van der Waals surface area (Å²) in [6, 6.07) is 10.9. The van der Waals surface area contributed by atoms with Crippen LogP contribution in [0.4, 0.5) is 5.69 Å². The predicted octanol–water partition coefficient (Wildman–Crippen LogP) is 3.39. The summed E-state index contributed by atoms with van der Waals surface area (Å²) in [5.41, 5.74) is 2.44.